The van der Waals surface area contributed by atoms with Crippen LogP contribution in [0.15, 0.2) is 0 Å². The van der Waals surface area contributed by atoms with Crippen molar-refractivity contribution in [3.63, 3.8) is 0 Å². The maximum absolute atomic E-state index is 12.0. The van der Waals surface area contributed by atoms with Crippen molar-refractivity contribution in [1.82, 2.24) is 14.9 Å². The lowest BCUT2D eigenvalue weighted by atomic mass is 9.92. The van der Waals surface area contributed by atoms with E-state index in [9.17, 15) is 22.8 Å². The summed E-state index contributed by atoms with van der Waals surface area (Å²) >= 11 is 0. The Morgan fingerprint density at radius 2 is 1.89 bits per heavy atom. The highest BCUT2D eigenvalue weighted by Gasteiger charge is 2.41. The number of hydrogen-bond donors (Lipinski definition) is 2. The van der Waals surface area contributed by atoms with Crippen LogP contribution in [0.25, 0.3) is 0 Å². The first-order valence-electron chi connectivity index (χ1n) is 5.74. The van der Waals surface area contributed by atoms with E-state index in [1.807, 2.05) is 0 Å². The lowest BCUT2D eigenvalue weighted by molar-refractivity contribution is -0.144. The first kappa shape index (κ1) is 15.6. The van der Waals surface area contributed by atoms with E-state index in [4.69, 9.17) is 0 Å². The molecule has 1 atom stereocenters. The van der Waals surface area contributed by atoms with Gasteiger partial charge in [-0.25, -0.2) is 17.9 Å². The van der Waals surface area contributed by atoms with E-state index in [1.54, 1.807) is 13.8 Å². The number of barbiturate groups is 1. The average molecular weight is 291 g/mol. The second-order valence-electron chi connectivity index (χ2n) is 4.67. The molecule has 9 heteroatoms. The Morgan fingerprint density at radius 1 is 1.32 bits per heavy atom. The number of carbonyl (C=O) groups excluding carboxylic acids is 3. The molecule has 8 nitrogen and oxygen atoms in total. The van der Waals surface area contributed by atoms with Crippen molar-refractivity contribution in [2.75, 3.05) is 19.3 Å². The van der Waals surface area contributed by atoms with Crippen LogP contribution in [-0.2, 0) is 19.6 Å². The monoisotopic (exact) mass is 291 g/mol. The standard InChI is InChI=1S/C10H17N3O5S/c1-6(2)7-8(14)12-10(16)13(9(7)15)5-4-11-19(3,17)18/h6-7,11H,4-5H2,1-3H3,(H,12,14,16). The van der Waals surface area contributed by atoms with Crippen LogP contribution in [0.4, 0.5) is 4.79 Å². The van der Waals surface area contributed by atoms with Gasteiger partial charge < -0.3 is 0 Å². The van der Waals surface area contributed by atoms with Gasteiger partial charge in [-0.2, -0.15) is 0 Å². The largest absolute Gasteiger partial charge is 0.330 e. The molecule has 0 bridgehead atoms. The molecule has 0 aromatic rings. The highest BCUT2D eigenvalue weighted by atomic mass is 32.2. The molecule has 0 aliphatic carbocycles. The normalized spacial score (nSPS) is 20.9. The van der Waals surface area contributed by atoms with Crippen molar-refractivity contribution in [2.24, 2.45) is 11.8 Å². The number of nitrogens with zero attached hydrogens (tertiary/aromatic N) is 1. The number of urea groups is 1. The predicted molar refractivity (Wildman–Crippen MR) is 66.4 cm³/mol. The Hall–Kier alpha value is -1.48. The number of imide groups is 2. The van der Waals surface area contributed by atoms with Crippen LogP contribution in [-0.4, -0.2) is 50.5 Å². The summed E-state index contributed by atoms with van der Waals surface area (Å²) in [5, 5.41) is 2.09. The summed E-state index contributed by atoms with van der Waals surface area (Å²) in [6.07, 6.45) is 0.978. The molecule has 1 aliphatic heterocycles. The quantitative estimate of drug-likeness (QED) is 0.623. The summed E-state index contributed by atoms with van der Waals surface area (Å²) in [7, 11) is -3.39. The van der Waals surface area contributed by atoms with E-state index in [0.29, 0.717) is 0 Å². The zero-order valence-electron chi connectivity index (χ0n) is 11.0. The minimum atomic E-state index is -3.39. The van der Waals surface area contributed by atoms with E-state index in [1.165, 1.54) is 0 Å². The predicted octanol–water partition coefficient (Wildman–Crippen LogP) is -1.11. The van der Waals surface area contributed by atoms with Gasteiger partial charge in [0.05, 0.1) is 6.26 Å². The number of carbonyl (C=O) groups is 3. The molecule has 2 N–H and O–H groups in total. The van der Waals surface area contributed by atoms with Gasteiger partial charge in [0, 0.05) is 13.1 Å². The summed E-state index contributed by atoms with van der Waals surface area (Å²) in [4.78, 5) is 35.9. The van der Waals surface area contributed by atoms with Gasteiger partial charge in [0.2, 0.25) is 21.8 Å². The van der Waals surface area contributed by atoms with E-state index in [2.05, 4.69) is 10.0 Å². The molecule has 0 radical (unpaired) electrons. The fraction of sp³-hybridized carbons (Fsp3) is 0.700. The molecule has 1 rings (SSSR count). The summed E-state index contributed by atoms with van der Waals surface area (Å²) in [5.74, 6) is -2.38. The van der Waals surface area contributed by atoms with Crippen molar-refractivity contribution in [3.8, 4) is 0 Å². The highest BCUT2D eigenvalue weighted by Crippen LogP contribution is 2.18. The third kappa shape index (κ3) is 4.00. The highest BCUT2D eigenvalue weighted by molar-refractivity contribution is 7.88. The van der Waals surface area contributed by atoms with Gasteiger partial charge in [-0.1, -0.05) is 13.8 Å². The number of sulfonamides is 1. The molecular formula is C10H17N3O5S. The molecule has 19 heavy (non-hydrogen) atoms. The smallest absolute Gasteiger partial charge is 0.277 e. The Bertz CT molecular complexity index is 499. The third-order valence-corrected chi connectivity index (χ3v) is 3.38. The third-order valence-electron chi connectivity index (χ3n) is 2.66. The molecule has 1 saturated heterocycles. The fourth-order valence-electron chi connectivity index (χ4n) is 1.77. The summed E-state index contributed by atoms with van der Waals surface area (Å²) < 4.78 is 24.0. The lowest BCUT2D eigenvalue weighted by Crippen LogP contribution is -2.60. The first-order valence-corrected chi connectivity index (χ1v) is 7.63. The van der Waals surface area contributed by atoms with Crippen LogP contribution < -0.4 is 10.0 Å². The second-order valence-corrected chi connectivity index (χ2v) is 6.51. The van der Waals surface area contributed by atoms with E-state index in [-0.39, 0.29) is 19.0 Å². The molecule has 0 spiro atoms. The van der Waals surface area contributed by atoms with E-state index >= 15 is 0 Å². The Morgan fingerprint density at radius 3 is 2.37 bits per heavy atom. The van der Waals surface area contributed by atoms with Crippen LogP contribution in [0, 0.1) is 11.8 Å². The Kier molecular flexibility index (Phi) is 4.64. The molecule has 0 aromatic heterocycles. The molecule has 1 unspecified atom stereocenters. The first-order chi connectivity index (χ1) is 8.63. The second kappa shape index (κ2) is 5.66. The molecular weight excluding hydrogens is 274 g/mol. The van der Waals surface area contributed by atoms with Crippen LogP contribution in [0.3, 0.4) is 0 Å². The molecule has 1 aliphatic rings. The zero-order valence-corrected chi connectivity index (χ0v) is 11.8. The molecule has 4 amide bonds. The van der Waals surface area contributed by atoms with Crippen molar-refractivity contribution in [2.45, 2.75) is 13.8 Å². The van der Waals surface area contributed by atoms with Crippen molar-refractivity contribution >= 4 is 27.9 Å². The van der Waals surface area contributed by atoms with Gasteiger partial charge in [0.1, 0.15) is 5.92 Å². The van der Waals surface area contributed by atoms with Crippen molar-refractivity contribution in [1.29, 1.82) is 0 Å². The number of amides is 4. The van der Waals surface area contributed by atoms with Gasteiger partial charge in [-0.15, -0.1) is 0 Å². The average Bonchev–Trinajstić information content (AvgIpc) is 2.20. The minimum Gasteiger partial charge on any atom is -0.277 e. The molecule has 0 saturated carbocycles. The Balaban J connectivity index is 2.74. The van der Waals surface area contributed by atoms with Gasteiger partial charge in [0.15, 0.2) is 0 Å². The van der Waals surface area contributed by atoms with Crippen LogP contribution in [0.1, 0.15) is 13.8 Å². The number of rotatable bonds is 5. The topological polar surface area (TPSA) is 113 Å². The minimum absolute atomic E-state index is 0.0863. The summed E-state index contributed by atoms with van der Waals surface area (Å²) in [5.41, 5.74) is 0. The number of nitrogens with one attached hydrogen (secondary N) is 2. The van der Waals surface area contributed by atoms with Gasteiger partial charge in [0.25, 0.3) is 0 Å². The van der Waals surface area contributed by atoms with Crippen LogP contribution in [0.5, 0.6) is 0 Å². The number of hydrogen-bond acceptors (Lipinski definition) is 5. The van der Waals surface area contributed by atoms with Gasteiger partial charge in [-0.05, 0) is 5.92 Å². The maximum atomic E-state index is 12.0. The zero-order chi connectivity index (χ0) is 14.8. The van der Waals surface area contributed by atoms with Crippen LogP contribution >= 0.6 is 0 Å². The van der Waals surface area contributed by atoms with Gasteiger partial charge >= 0.3 is 6.03 Å². The lowest BCUT2D eigenvalue weighted by Gasteiger charge is -2.31. The Labute approximate surface area is 111 Å². The summed E-state index contributed by atoms with van der Waals surface area (Å²) in [6.45, 7) is 3.20. The van der Waals surface area contributed by atoms with Crippen molar-refractivity contribution in [3.05, 3.63) is 0 Å². The van der Waals surface area contributed by atoms with E-state index < -0.39 is 33.8 Å². The summed E-state index contributed by atoms with van der Waals surface area (Å²) in [6, 6.07) is -0.817. The van der Waals surface area contributed by atoms with Gasteiger partial charge in [-0.3, -0.25) is 19.8 Å². The van der Waals surface area contributed by atoms with Crippen LogP contribution in [0.2, 0.25) is 0 Å². The van der Waals surface area contributed by atoms with E-state index in [0.717, 1.165) is 11.2 Å². The SMILES string of the molecule is CC(C)C1C(=O)NC(=O)N(CCNS(C)(=O)=O)C1=O. The fourth-order valence-corrected chi connectivity index (χ4v) is 2.24. The molecule has 1 heterocycles. The van der Waals surface area contributed by atoms with Crippen molar-refractivity contribution < 1.29 is 22.8 Å². The maximum Gasteiger partial charge on any atom is 0.330 e. The molecule has 1 fully saturated rings. The molecule has 0 aromatic carbocycles. The molecule has 108 valence electrons.